The molecule has 2 atom stereocenters. The first-order valence-electron chi connectivity index (χ1n) is 12.2. The molecule has 1 N–H and O–H groups in total. The zero-order valence-electron chi connectivity index (χ0n) is 19.6. The van der Waals surface area contributed by atoms with Gasteiger partial charge in [-0.1, -0.05) is 48.0 Å². The lowest BCUT2D eigenvalue weighted by Crippen LogP contribution is -2.52. The molecule has 7 nitrogen and oxygen atoms in total. The molecule has 182 valence electrons. The minimum atomic E-state index is -0.625. The van der Waals surface area contributed by atoms with Crippen molar-refractivity contribution in [3.05, 3.63) is 88.1 Å². The summed E-state index contributed by atoms with van der Waals surface area (Å²) < 4.78 is 0. The summed E-state index contributed by atoms with van der Waals surface area (Å²) in [5, 5.41) is 2.98. The van der Waals surface area contributed by atoms with Gasteiger partial charge in [-0.05, 0) is 47.7 Å². The third kappa shape index (κ3) is 4.08. The average Bonchev–Trinajstić information content (AvgIpc) is 3.19. The molecule has 2 unspecified atom stereocenters. The highest BCUT2D eigenvalue weighted by atomic mass is 35.5. The van der Waals surface area contributed by atoms with Gasteiger partial charge in [0.1, 0.15) is 6.04 Å². The molecule has 2 fully saturated rings. The maximum Gasteiger partial charge on any atom is 0.255 e. The number of benzene rings is 2. The highest BCUT2D eigenvalue weighted by Crippen LogP contribution is 2.36. The minimum absolute atomic E-state index is 0.180. The van der Waals surface area contributed by atoms with Crippen LogP contribution in [0.25, 0.3) is 11.3 Å². The van der Waals surface area contributed by atoms with E-state index in [4.69, 9.17) is 11.6 Å². The molecule has 3 amide bonds. The predicted octanol–water partition coefficient (Wildman–Crippen LogP) is 4.11. The molecule has 3 aliphatic rings. The molecular weight excluding hydrogens is 476 g/mol. The molecule has 2 aromatic carbocycles. The van der Waals surface area contributed by atoms with E-state index in [1.807, 2.05) is 24.3 Å². The lowest BCUT2D eigenvalue weighted by Gasteiger charge is -2.41. The zero-order valence-corrected chi connectivity index (χ0v) is 20.4. The van der Waals surface area contributed by atoms with E-state index < -0.39 is 11.9 Å². The Bertz CT molecular complexity index is 1380. The lowest BCUT2D eigenvalue weighted by atomic mass is 9.94. The first-order chi connectivity index (χ1) is 17.5. The summed E-state index contributed by atoms with van der Waals surface area (Å²) in [6.07, 6.45) is 3.40. The van der Waals surface area contributed by atoms with Crippen LogP contribution >= 0.6 is 11.6 Å². The normalized spacial score (nSPS) is 21.8. The van der Waals surface area contributed by atoms with Crippen molar-refractivity contribution in [2.45, 2.75) is 44.4 Å². The first kappa shape index (κ1) is 22.9. The Morgan fingerprint density at radius 2 is 1.83 bits per heavy atom. The van der Waals surface area contributed by atoms with Crippen LogP contribution in [0.1, 0.15) is 52.4 Å². The molecule has 0 spiro atoms. The molecule has 2 saturated heterocycles. The van der Waals surface area contributed by atoms with E-state index in [2.05, 4.69) is 39.5 Å². The predicted molar refractivity (Wildman–Crippen MR) is 135 cm³/mol. The standard InChI is InChI=1S/C28H25ClN4O3/c29-22-14-30-23(13-20(22)15-32-11-10-24(32)17-4-2-1-3-5-17)18-6-7-21-19(12-18)16-33(28(21)36)25-8-9-26(34)31-27(25)35/h1-7,12-14,24-25H,8-11,15-16H2,(H,31,34,35). The van der Waals surface area contributed by atoms with E-state index in [9.17, 15) is 14.4 Å². The Balaban J connectivity index is 1.22. The van der Waals surface area contributed by atoms with Gasteiger partial charge in [-0.2, -0.15) is 0 Å². The van der Waals surface area contributed by atoms with Gasteiger partial charge < -0.3 is 4.90 Å². The van der Waals surface area contributed by atoms with Crippen molar-refractivity contribution in [2.24, 2.45) is 0 Å². The summed E-state index contributed by atoms with van der Waals surface area (Å²) >= 11 is 6.54. The molecule has 8 heteroatoms. The second-order valence-corrected chi connectivity index (χ2v) is 10.0. The Morgan fingerprint density at radius 1 is 1.00 bits per heavy atom. The minimum Gasteiger partial charge on any atom is -0.322 e. The van der Waals surface area contributed by atoms with Gasteiger partial charge in [-0.25, -0.2) is 0 Å². The van der Waals surface area contributed by atoms with Crippen LogP contribution in [0.3, 0.4) is 0 Å². The number of pyridine rings is 1. The van der Waals surface area contributed by atoms with Crippen LogP contribution in [-0.2, 0) is 22.7 Å². The number of carbonyl (C=O) groups excluding carboxylic acids is 3. The average molecular weight is 501 g/mol. The largest absolute Gasteiger partial charge is 0.322 e. The van der Waals surface area contributed by atoms with Crippen molar-refractivity contribution in [3.63, 3.8) is 0 Å². The third-order valence-corrected chi connectivity index (χ3v) is 7.78. The van der Waals surface area contributed by atoms with Gasteiger partial charge in [0.2, 0.25) is 11.8 Å². The third-order valence-electron chi connectivity index (χ3n) is 7.44. The van der Waals surface area contributed by atoms with Crippen LogP contribution < -0.4 is 5.32 Å². The van der Waals surface area contributed by atoms with Crippen molar-refractivity contribution >= 4 is 29.3 Å². The number of nitrogens with one attached hydrogen (secondary N) is 1. The van der Waals surface area contributed by atoms with Gasteiger partial charge in [0, 0.05) is 49.4 Å². The van der Waals surface area contributed by atoms with Gasteiger partial charge >= 0.3 is 0 Å². The Morgan fingerprint density at radius 3 is 2.58 bits per heavy atom. The smallest absolute Gasteiger partial charge is 0.255 e. The van der Waals surface area contributed by atoms with Gasteiger partial charge in [-0.3, -0.25) is 29.6 Å². The molecular formula is C28H25ClN4O3. The van der Waals surface area contributed by atoms with Crippen LogP contribution in [0.2, 0.25) is 5.02 Å². The summed E-state index contributed by atoms with van der Waals surface area (Å²) in [5.74, 6) is -0.877. The van der Waals surface area contributed by atoms with Gasteiger partial charge in [0.05, 0.1) is 10.7 Å². The number of hydrogen-bond acceptors (Lipinski definition) is 5. The molecule has 1 aromatic heterocycles. The van der Waals surface area contributed by atoms with E-state index in [1.54, 1.807) is 17.2 Å². The Hall–Kier alpha value is -3.55. The number of amides is 3. The van der Waals surface area contributed by atoms with Crippen molar-refractivity contribution in [2.75, 3.05) is 6.54 Å². The fourth-order valence-electron chi connectivity index (χ4n) is 5.39. The molecule has 0 saturated carbocycles. The van der Waals surface area contributed by atoms with Gasteiger partial charge in [0.15, 0.2) is 0 Å². The van der Waals surface area contributed by atoms with Crippen molar-refractivity contribution < 1.29 is 14.4 Å². The summed E-state index contributed by atoms with van der Waals surface area (Å²) in [4.78, 5) is 45.4. The van der Waals surface area contributed by atoms with Crippen LogP contribution in [0, 0.1) is 0 Å². The highest BCUT2D eigenvalue weighted by Gasteiger charge is 2.39. The second-order valence-electron chi connectivity index (χ2n) is 9.62. The number of likely N-dealkylation sites (tertiary alicyclic amines) is 1. The number of piperidine rings is 1. The number of carbonyl (C=O) groups is 3. The molecule has 0 bridgehead atoms. The SMILES string of the molecule is O=C1CCC(N2Cc3cc(-c4cc(CN5CCC5c5ccccc5)c(Cl)cn4)ccc3C2=O)C(=O)N1. The Kier molecular flexibility index (Phi) is 5.82. The maximum atomic E-state index is 13.0. The van der Waals surface area contributed by atoms with E-state index >= 15 is 0 Å². The summed E-state index contributed by atoms with van der Waals surface area (Å²) in [6.45, 7) is 2.09. The fraction of sp³-hybridized carbons (Fsp3) is 0.286. The quantitative estimate of drug-likeness (QED) is 0.533. The number of aromatic nitrogens is 1. The highest BCUT2D eigenvalue weighted by molar-refractivity contribution is 6.31. The summed E-state index contributed by atoms with van der Waals surface area (Å²) in [6, 6.07) is 18.0. The van der Waals surface area contributed by atoms with Crippen molar-refractivity contribution in [1.82, 2.24) is 20.1 Å². The van der Waals surface area contributed by atoms with Crippen molar-refractivity contribution in [1.29, 1.82) is 0 Å². The number of hydrogen-bond donors (Lipinski definition) is 1. The van der Waals surface area contributed by atoms with Crippen LogP contribution in [0.15, 0.2) is 60.8 Å². The van der Waals surface area contributed by atoms with Crippen molar-refractivity contribution in [3.8, 4) is 11.3 Å². The molecule has 3 aliphatic heterocycles. The molecule has 3 aromatic rings. The maximum absolute atomic E-state index is 13.0. The van der Waals surface area contributed by atoms with Crippen LogP contribution in [-0.4, -0.2) is 45.1 Å². The van der Waals surface area contributed by atoms with E-state index in [1.165, 1.54) is 5.56 Å². The number of fused-ring (bicyclic) bond motifs is 1. The van der Waals surface area contributed by atoms with E-state index in [-0.39, 0.29) is 18.2 Å². The zero-order chi connectivity index (χ0) is 24.8. The monoisotopic (exact) mass is 500 g/mol. The van der Waals surface area contributed by atoms with E-state index in [0.29, 0.717) is 29.6 Å². The second kappa shape index (κ2) is 9.15. The van der Waals surface area contributed by atoms with Crippen LogP contribution in [0.5, 0.6) is 0 Å². The lowest BCUT2D eigenvalue weighted by molar-refractivity contribution is -0.136. The van der Waals surface area contributed by atoms with Gasteiger partial charge in [-0.15, -0.1) is 0 Å². The molecule has 0 aliphatic carbocycles. The molecule has 4 heterocycles. The van der Waals surface area contributed by atoms with E-state index in [0.717, 1.165) is 41.9 Å². The summed E-state index contributed by atoms with van der Waals surface area (Å²) in [7, 11) is 0. The topological polar surface area (TPSA) is 82.6 Å². The number of imide groups is 1. The number of rotatable bonds is 5. The number of nitrogens with zero attached hydrogens (tertiary/aromatic N) is 3. The van der Waals surface area contributed by atoms with Gasteiger partial charge in [0.25, 0.3) is 5.91 Å². The fourth-order valence-corrected chi connectivity index (χ4v) is 5.56. The molecule has 0 radical (unpaired) electrons. The Labute approximate surface area is 214 Å². The van der Waals surface area contributed by atoms with Crippen LogP contribution in [0.4, 0.5) is 0 Å². The molecule has 36 heavy (non-hydrogen) atoms. The summed E-state index contributed by atoms with van der Waals surface area (Å²) in [5.41, 5.74) is 5.46. The number of halogens is 1. The molecule has 6 rings (SSSR count). The first-order valence-corrected chi connectivity index (χ1v) is 12.6.